The zero-order valence-electron chi connectivity index (χ0n) is 10.9. The van der Waals surface area contributed by atoms with Gasteiger partial charge in [0, 0.05) is 6.26 Å². The molecule has 0 aliphatic heterocycles. The van der Waals surface area contributed by atoms with Gasteiger partial charge in [0.1, 0.15) is 0 Å². The molecule has 0 unspecified atom stereocenters. The maximum Gasteiger partial charge on any atom is 0.190 e. The number of nitrogens with zero attached hydrogens (tertiary/aromatic N) is 1. The first kappa shape index (κ1) is 17.2. The van der Waals surface area contributed by atoms with Crippen molar-refractivity contribution in [2.75, 3.05) is 16.9 Å². The number of hydrogen-bond acceptors (Lipinski definition) is 6. The molecule has 3 N–H and O–H groups in total. The van der Waals surface area contributed by atoms with Crippen LogP contribution in [0.5, 0.6) is 5.75 Å². The molecule has 0 bridgehead atoms. The molecule has 1 heterocycles. The molecule has 6 nitrogen and oxygen atoms in total. The first-order valence-electron chi connectivity index (χ1n) is 5.61. The highest BCUT2D eigenvalue weighted by atomic mass is 35.5. The van der Waals surface area contributed by atoms with Crippen molar-refractivity contribution >= 4 is 73.4 Å². The molecule has 0 saturated heterocycles. The van der Waals surface area contributed by atoms with E-state index in [0.29, 0.717) is 22.2 Å². The third-order valence-corrected chi connectivity index (χ3v) is 6.06. The molecule has 0 atom stereocenters. The van der Waals surface area contributed by atoms with Gasteiger partial charge < -0.3 is 15.7 Å². The van der Waals surface area contributed by atoms with Crippen LogP contribution < -0.4 is 10.6 Å². The molecule has 11 heteroatoms. The molecule has 1 aromatic heterocycles. The Kier molecular flexibility index (Phi) is 5.13. The minimum atomic E-state index is -3.56. The topological polar surface area (TPSA) is 91.3 Å². The number of nitrogens with one attached hydrogen (secondary N) is 2. The predicted molar refractivity (Wildman–Crippen MR) is 93.2 cm³/mol. The van der Waals surface area contributed by atoms with Crippen molar-refractivity contribution in [3.63, 3.8) is 0 Å². The summed E-state index contributed by atoms with van der Waals surface area (Å²) in [4.78, 5) is 0. The summed E-state index contributed by atoms with van der Waals surface area (Å²) in [6.45, 7) is 0. The number of halogens is 2. The fourth-order valence-electron chi connectivity index (χ4n) is 1.46. The van der Waals surface area contributed by atoms with E-state index in [1.807, 2.05) is 0 Å². The van der Waals surface area contributed by atoms with Gasteiger partial charge in [0.2, 0.25) is 0 Å². The van der Waals surface area contributed by atoms with E-state index in [0.717, 1.165) is 6.26 Å². The Labute approximate surface area is 146 Å². The van der Waals surface area contributed by atoms with Crippen molar-refractivity contribution in [3.8, 4) is 5.75 Å². The Morgan fingerprint density at radius 2 is 2.05 bits per heavy atom. The standard InChI is InChI=1S/C11H9Cl2N3O3S3/c1-22(18,19)10-8(17)9(16-21-10)15-11(20)14-6-4-2-3-5(12)7(6)13/h2-4,17H,1H3,(H2,14,15,16,20). The molecular weight excluding hydrogens is 389 g/mol. The summed E-state index contributed by atoms with van der Waals surface area (Å²) in [6.07, 6.45) is 0.978. The van der Waals surface area contributed by atoms with E-state index < -0.39 is 15.6 Å². The molecule has 0 spiro atoms. The van der Waals surface area contributed by atoms with Crippen LogP contribution in [0.1, 0.15) is 0 Å². The lowest BCUT2D eigenvalue weighted by Gasteiger charge is -2.11. The number of benzene rings is 1. The fraction of sp³-hybridized carbons (Fsp3) is 0.0909. The van der Waals surface area contributed by atoms with Gasteiger partial charge in [-0.1, -0.05) is 29.3 Å². The summed E-state index contributed by atoms with van der Waals surface area (Å²) in [7, 11) is -3.56. The number of aromatic nitrogens is 1. The van der Waals surface area contributed by atoms with Crippen LogP contribution in [-0.4, -0.2) is 29.3 Å². The Bertz CT molecular complexity index is 836. The van der Waals surface area contributed by atoms with Crippen LogP contribution in [0.25, 0.3) is 0 Å². The summed E-state index contributed by atoms with van der Waals surface area (Å²) in [5.41, 5.74) is 0.463. The molecule has 2 rings (SSSR count). The van der Waals surface area contributed by atoms with Gasteiger partial charge in [0.05, 0.1) is 15.7 Å². The molecule has 2 aromatic rings. The maximum absolute atomic E-state index is 11.4. The summed E-state index contributed by atoms with van der Waals surface area (Å²) in [5, 5.41) is 15.9. The molecular formula is C11H9Cl2N3O3S3. The minimum Gasteiger partial charge on any atom is -0.503 e. The molecule has 0 aliphatic carbocycles. The van der Waals surface area contributed by atoms with Crippen LogP contribution in [0.2, 0.25) is 10.0 Å². The van der Waals surface area contributed by atoms with Gasteiger partial charge in [-0.2, -0.15) is 4.37 Å². The van der Waals surface area contributed by atoms with Crippen molar-refractivity contribution < 1.29 is 13.5 Å². The SMILES string of the molecule is CS(=O)(=O)c1snc(NC(=S)Nc2cccc(Cl)c2Cl)c1O. The smallest absolute Gasteiger partial charge is 0.190 e. The summed E-state index contributed by atoms with van der Waals surface area (Å²) >= 11 is 17.6. The van der Waals surface area contributed by atoms with Crippen LogP contribution in [-0.2, 0) is 9.84 Å². The molecule has 0 radical (unpaired) electrons. The number of hydrogen-bond donors (Lipinski definition) is 3. The summed E-state index contributed by atoms with van der Waals surface area (Å²) in [6, 6.07) is 4.96. The van der Waals surface area contributed by atoms with Crippen molar-refractivity contribution in [2.24, 2.45) is 0 Å². The molecule has 22 heavy (non-hydrogen) atoms. The van der Waals surface area contributed by atoms with Crippen LogP contribution in [0.15, 0.2) is 22.4 Å². The lowest BCUT2D eigenvalue weighted by molar-refractivity contribution is 0.466. The van der Waals surface area contributed by atoms with Crippen molar-refractivity contribution in [1.29, 1.82) is 0 Å². The molecule has 0 saturated carbocycles. The monoisotopic (exact) mass is 397 g/mol. The Balaban J connectivity index is 2.17. The average Bonchev–Trinajstić information content (AvgIpc) is 2.76. The van der Waals surface area contributed by atoms with E-state index >= 15 is 0 Å². The third-order valence-electron chi connectivity index (χ3n) is 2.41. The van der Waals surface area contributed by atoms with Crippen LogP contribution >= 0.6 is 47.0 Å². The van der Waals surface area contributed by atoms with E-state index in [2.05, 4.69) is 15.0 Å². The van der Waals surface area contributed by atoms with E-state index in [9.17, 15) is 13.5 Å². The lowest BCUT2D eigenvalue weighted by atomic mass is 10.3. The van der Waals surface area contributed by atoms with Gasteiger partial charge in [0.25, 0.3) is 0 Å². The van der Waals surface area contributed by atoms with Gasteiger partial charge in [-0.05, 0) is 35.9 Å². The third kappa shape index (κ3) is 3.79. The largest absolute Gasteiger partial charge is 0.503 e. The summed E-state index contributed by atoms with van der Waals surface area (Å²) < 4.78 is 26.4. The quantitative estimate of drug-likeness (QED) is 0.683. The van der Waals surface area contributed by atoms with Gasteiger partial charge in [-0.25, -0.2) is 8.42 Å². The van der Waals surface area contributed by atoms with Gasteiger partial charge in [0.15, 0.2) is 30.7 Å². The number of thiocarbonyl (C=S) groups is 1. The van der Waals surface area contributed by atoms with E-state index in [1.54, 1.807) is 18.2 Å². The first-order valence-corrected chi connectivity index (χ1v) is 9.43. The van der Waals surface area contributed by atoms with E-state index in [4.69, 9.17) is 35.4 Å². The van der Waals surface area contributed by atoms with Gasteiger partial charge in [-0.15, -0.1) is 0 Å². The number of anilines is 2. The maximum atomic E-state index is 11.4. The molecule has 118 valence electrons. The molecule has 0 aliphatic rings. The highest BCUT2D eigenvalue weighted by Crippen LogP contribution is 2.34. The molecule has 0 fully saturated rings. The normalized spacial score (nSPS) is 11.2. The second kappa shape index (κ2) is 6.55. The first-order chi connectivity index (χ1) is 10.2. The summed E-state index contributed by atoms with van der Waals surface area (Å²) in [5.74, 6) is -0.532. The average molecular weight is 398 g/mol. The number of rotatable bonds is 3. The highest BCUT2D eigenvalue weighted by molar-refractivity contribution is 7.92. The van der Waals surface area contributed by atoms with Crippen LogP contribution in [0.4, 0.5) is 11.5 Å². The number of aromatic hydroxyl groups is 1. The van der Waals surface area contributed by atoms with Crippen molar-refractivity contribution in [2.45, 2.75) is 4.21 Å². The fourth-order valence-corrected chi connectivity index (χ4v) is 3.60. The number of sulfone groups is 1. The second-order valence-corrected chi connectivity index (χ2v) is 8.30. The predicted octanol–water partition coefficient (Wildman–Crippen LogP) is 3.37. The van der Waals surface area contributed by atoms with E-state index in [1.165, 1.54) is 0 Å². The van der Waals surface area contributed by atoms with Crippen LogP contribution in [0.3, 0.4) is 0 Å². The highest BCUT2D eigenvalue weighted by Gasteiger charge is 2.21. The molecule has 0 amide bonds. The zero-order chi connectivity index (χ0) is 16.5. The Hall–Kier alpha value is -1.13. The lowest BCUT2D eigenvalue weighted by Crippen LogP contribution is -2.19. The minimum absolute atomic E-state index is 0.0546. The van der Waals surface area contributed by atoms with Crippen molar-refractivity contribution in [1.82, 2.24) is 4.37 Å². The molecule has 1 aromatic carbocycles. The van der Waals surface area contributed by atoms with E-state index in [-0.39, 0.29) is 20.2 Å². The van der Waals surface area contributed by atoms with Gasteiger partial charge >= 0.3 is 0 Å². The van der Waals surface area contributed by atoms with Crippen molar-refractivity contribution in [3.05, 3.63) is 28.2 Å². The van der Waals surface area contributed by atoms with Crippen LogP contribution in [0, 0.1) is 0 Å². The Morgan fingerprint density at radius 3 is 2.64 bits per heavy atom. The Morgan fingerprint density at radius 1 is 1.36 bits per heavy atom. The second-order valence-electron chi connectivity index (χ2n) is 4.12. The zero-order valence-corrected chi connectivity index (χ0v) is 14.9. The van der Waals surface area contributed by atoms with Gasteiger partial charge in [-0.3, -0.25) is 0 Å².